The molecule has 0 fully saturated rings. The number of hydrogen-bond acceptors (Lipinski definition) is 3. The molecule has 0 saturated heterocycles. The Morgan fingerprint density at radius 1 is 1.20 bits per heavy atom. The number of aromatic amines is 1. The third kappa shape index (κ3) is 2.34. The molecular weight excluding hydrogens is 316 g/mol. The Morgan fingerprint density at radius 3 is 2.65 bits per heavy atom. The van der Waals surface area contributed by atoms with Crippen molar-refractivity contribution in [3.05, 3.63) is 46.2 Å². The van der Waals surface area contributed by atoms with Crippen LogP contribution in [0.25, 0.3) is 22.4 Å². The van der Waals surface area contributed by atoms with E-state index in [9.17, 15) is 0 Å². The first kappa shape index (κ1) is 13.3. The molecule has 102 valence electrons. The average Bonchev–Trinajstić information content (AvgIpc) is 2.84. The number of H-pyrrole nitrogens is 1. The van der Waals surface area contributed by atoms with E-state index in [1.165, 1.54) is 5.56 Å². The quantitative estimate of drug-likeness (QED) is 0.774. The minimum absolute atomic E-state index is 0.626. The maximum atomic E-state index is 5.64. The lowest BCUT2D eigenvalue weighted by molar-refractivity contribution is 0.974. The van der Waals surface area contributed by atoms with Gasteiger partial charge in [-0.2, -0.15) is 0 Å². The summed E-state index contributed by atoms with van der Waals surface area (Å²) in [4.78, 5) is 12.5. The van der Waals surface area contributed by atoms with Crippen molar-refractivity contribution in [3.8, 4) is 11.4 Å². The number of fused-ring (bicyclic) bond motifs is 1. The number of benzene rings is 1. The largest absolute Gasteiger partial charge is 0.346 e. The van der Waals surface area contributed by atoms with Gasteiger partial charge in [-0.15, -0.1) is 0 Å². The standard InChI is InChI=1S/C15H15BrN4/c1-9-13-11(6-7-17)8-18-15(13)20-14(19-9)10-2-4-12(16)5-3-10/h2-5,8H,6-7,17H2,1H3,(H,18,19,20). The minimum atomic E-state index is 0.626. The molecule has 0 bridgehead atoms. The molecule has 3 rings (SSSR count). The first-order valence-electron chi connectivity index (χ1n) is 6.49. The van der Waals surface area contributed by atoms with Gasteiger partial charge in [0.05, 0.1) is 5.69 Å². The zero-order valence-electron chi connectivity index (χ0n) is 11.2. The summed E-state index contributed by atoms with van der Waals surface area (Å²) in [6, 6.07) is 8.00. The van der Waals surface area contributed by atoms with E-state index in [4.69, 9.17) is 5.73 Å². The molecule has 0 spiro atoms. The van der Waals surface area contributed by atoms with Crippen LogP contribution in [0.1, 0.15) is 11.3 Å². The van der Waals surface area contributed by atoms with Gasteiger partial charge in [0.2, 0.25) is 0 Å². The highest BCUT2D eigenvalue weighted by molar-refractivity contribution is 9.10. The number of nitrogens with one attached hydrogen (secondary N) is 1. The normalized spacial score (nSPS) is 11.2. The number of nitrogens with two attached hydrogens (primary N) is 1. The number of aryl methyl sites for hydroxylation is 1. The van der Waals surface area contributed by atoms with Crippen molar-refractivity contribution in [3.63, 3.8) is 0 Å². The van der Waals surface area contributed by atoms with Gasteiger partial charge in [0.15, 0.2) is 5.82 Å². The Balaban J connectivity index is 2.13. The molecule has 20 heavy (non-hydrogen) atoms. The molecule has 0 atom stereocenters. The number of hydrogen-bond donors (Lipinski definition) is 2. The highest BCUT2D eigenvalue weighted by Crippen LogP contribution is 2.24. The van der Waals surface area contributed by atoms with Crippen molar-refractivity contribution in [2.24, 2.45) is 5.73 Å². The summed E-state index contributed by atoms with van der Waals surface area (Å²) in [5, 5.41) is 1.09. The number of nitrogens with zero attached hydrogens (tertiary/aromatic N) is 2. The predicted molar refractivity (Wildman–Crippen MR) is 84.5 cm³/mol. The number of aromatic nitrogens is 3. The van der Waals surface area contributed by atoms with Crippen LogP contribution in [0.4, 0.5) is 0 Å². The molecule has 5 heteroatoms. The number of halogens is 1. The van der Waals surface area contributed by atoms with Crippen LogP contribution in [0.2, 0.25) is 0 Å². The van der Waals surface area contributed by atoms with E-state index in [1.54, 1.807) is 0 Å². The lowest BCUT2D eigenvalue weighted by Gasteiger charge is -2.04. The van der Waals surface area contributed by atoms with Crippen molar-refractivity contribution < 1.29 is 0 Å². The summed E-state index contributed by atoms with van der Waals surface area (Å²) in [7, 11) is 0. The van der Waals surface area contributed by atoms with E-state index in [0.717, 1.165) is 39.0 Å². The molecule has 0 saturated carbocycles. The Bertz CT molecular complexity index is 746. The van der Waals surface area contributed by atoms with Crippen LogP contribution in [-0.4, -0.2) is 21.5 Å². The Labute approximate surface area is 125 Å². The average molecular weight is 331 g/mol. The monoisotopic (exact) mass is 330 g/mol. The maximum absolute atomic E-state index is 5.64. The zero-order valence-corrected chi connectivity index (χ0v) is 12.7. The van der Waals surface area contributed by atoms with Crippen molar-refractivity contribution in [2.45, 2.75) is 13.3 Å². The van der Waals surface area contributed by atoms with Gasteiger partial charge in [-0.25, -0.2) is 9.97 Å². The van der Waals surface area contributed by atoms with Gasteiger partial charge in [-0.1, -0.05) is 28.1 Å². The molecule has 3 N–H and O–H groups in total. The van der Waals surface area contributed by atoms with Crippen LogP contribution in [-0.2, 0) is 6.42 Å². The summed E-state index contributed by atoms with van der Waals surface area (Å²) >= 11 is 3.43. The molecule has 2 heterocycles. The first-order valence-corrected chi connectivity index (χ1v) is 7.29. The second-order valence-electron chi connectivity index (χ2n) is 4.72. The fourth-order valence-corrected chi connectivity index (χ4v) is 2.63. The highest BCUT2D eigenvalue weighted by atomic mass is 79.9. The Hall–Kier alpha value is -1.72. The molecule has 0 aliphatic rings. The van der Waals surface area contributed by atoms with E-state index >= 15 is 0 Å². The van der Waals surface area contributed by atoms with E-state index in [-0.39, 0.29) is 0 Å². The predicted octanol–water partition coefficient (Wildman–Crippen LogP) is 3.20. The summed E-state index contributed by atoms with van der Waals surface area (Å²) in [5.41, 5.74) is 9.68. The molecule has 0 unspecified atom stereocenters. The van der Waals surface area contributed by atoms with Gasteiger partial charge in [0.25, 0.3) is 0 Å². The third-order valence-corrected chi connectivity index (χ3v) is 3.84. The van der Waals surface area contributed by atoms with Crippen LogP contribution in [0.3, 0.4) is 0 Å². The van der Waals surface area contributed by atoms with Gasteiger partial charge in [-0.3, -0.25) is 0 Å². The van der Waals surface area contributed by atoms with Gasteiger partial charge in [-0.05, 0) is 37.6 Å². The van der Waals surface area contributed by atoms with Crippen molar-refractivity contribution >= 4 is 27.0 Å². The van der Waals surface area contributed by atoms with Crippen molar-refractivity contribution in [1.82, 2.24) is 15.0 Å². The van der Waals surface area contributed by atoms with E-state index in [2.05, 4.69) is 30.9 Å². The molecule has 0 radical (unpaired) electrons. The maximum Gasteiger partial charge on any atom is 0.161 e. The van der Waals surface area contributed by atoms with Crippen molar-refractivity contribution in [2.75, 3.05) is 6.54 Å². The number of rotatable bonds is 3. The molecular formula is C15H15BrN4. The second-order valence-corrected chi connectivity index (χ2v) is 5.63. The van der Waals surface area contributed by atoms with Crippen LogP contribution in [0.15, 0.2) is 34.9 Å². The van der Waals surface area contributed by atoms with E-state index in [0.29, 0.717) is 6.54 Å². The van der Waals surface area contributed by atoms with Crippen molar-refractivity contribution in [1.29, 1.82) is 0 Å². The topological polar surface area (TPSA) is 67.6 Å². The van der Waals surface area contributed by atoms with Gasteiger partial charge in [0.1, 0.15) is 5.65 Å². The van der Waals surface area contributed by atoms with Gasteiger partial charge in [0, 0.05) is 21.6 Å². The lowest BCUT2D eigenvalue weighted by Crippen LogP contribution is -2.02. The fraction of sp³-hybridized carbons (Fsp3) is 0.200. The van der Waals surface area contributed by atoms with Crippen LogP contribution in [0.5, 0.6) is 0 Å². The van der Waals surface area contributed by atoms with Crippen LogP contribution < -0.4 is 5.73 Å². The Morgan fingerprint density at radius 2 is 1.95 bits per heavy atom. The Kier molecular flexibility index (Phi) is 3.54. The SMILES string of the molecule is Cc1nc(-c2ccc(Br)cc2)nc2[nH]cc(CCN)c12. The third-order valence-electron chi connectivity index (χ3n) is 3.31. The lowest BCUT2D eigenvalue weighted by atomic mass is 10.1. The van der Waals surface area contributed by atoms with E-state index in [1.807, 2.05) is 37.4 Å². The molecule has 0 aliphatic carbocycles. The fourth-order valence-electron chi connectivity index (χ4n) is 2.37. The van der Waals surface area contributed by atoms with Crippen LogP contribution in [0, 0.1) is 6.92 Å². The summed E-state index contributed by atoms with van der Waals surface area (Å²) in [5.74, 6) is 0.739. The molecule has 3 aromatic rings. The van der Waals surface area contributed by atoms with Gasteiger partial charge < -0.3 is 10.7 Å². The summed E-state index contributed by atoms with van der Waals surface area (Å²) in [6.07, 6.45) is 2.81. The molecule has 4 nitrogen and oxygen atoms in total. The molecule has 1 aromatic carbocycles. The molecule has 0 aliphatic heterocycles. The first-order chi connectivity index (χ1) is 9.69. The summed E-state index contributed by atoms with van der Waals surface area (Å²) in [6.45, 7) is 2.64. The highest BCUT2D eigenvalue weighted by Gasteiger charge is 2.11. The van der Waals surface area contributed by atoms with Gasteiger partial charge >= 0.3 is 0 Å². The summed E-state index contributed by atoms with van der Waals surface area (Å²) < 4.78 is 1.05. The van der Waals surface area contributed by atoms with Crippen LogP contribution >= 0.6 is 15.9 Å². The molecule has 2 aromatic heterocycles. The minimum Gasteiger partial charge on any atom is -0.346 e. The second kappa shape index (κ2) is 5.34. The molecule has 0 amide bonds. The zero-order chi connectivity index (χ0) is 14.1. The smallest absolute Gasteiger partial charge is 0.161 e. The van der Waals surface area contributed by atoms with E-state index < -0.39 is 0 Å².